The third-order valence-corrected chi connectivity index (χ3v) is 8.13. The number of aliphatic carboxylic acids is 1. The highest BCUT2D eigenvalue weighted by Crippen LogP contribution is 2.48. The molecule has 0 radical (unpaired) electrons. The van der Waals surface area contributed by atoms with Crippen molar-refractivity contribution in [2.24, 2.45) is 17.8 Å². The summed E-state index contributed by atoms with van der Waals surface area (Å²) in [6, 6.07) is 9.67. The molecule has 1 saturated carbocycles. The molecule has 38 heavy (non-hydrogen) atoms. The van der Waals surface area contributed by atoms with Gasteiger partial charge in [-0.1, -0.05) is 31.9 Å². The number of carbonyl (C=O) groups excluding carboxylic acids is 1. The van der Waals surface area contributed by atoms with Crippen LogP contribution in [0.5, 0.6) is 17.2 Å². The van der Waals surface area contributed by atoms with E-state index < -0.39 is 18.0 Å². The average Bonchev–Trinajstić information content (AvgIpc) is 3.19. The molecule has 8 heteroatoms. The summed E-state index contributed by atoms with van der Waals surface area (Å²) in [6.07, 6.45) is 6.62. The van der Waals surface area contributed by atoms with Crippen molar-refractivity contribution in [1.82, 2.24) is 0 Å². The summed E-state index contributed by atoms with van der Waals surface area (Å²) < 4.78 is 11.4. The van der Waals surface area contributed by atoms with Gasteiger partial charge < -0.3 is 29.9 Å². The quantitative estimate of drug-likeness (QED) is 0.175. The van der Waals surface area contributed by atoms with Gasteiger partial charge in [-0.05, 0) is 98.1 Å². The lowest BCUT2D eigenvalue weighted by molar-refractivity contribution is -0.139. The number of carboxylic acid groups (broad SMARTS) is 1. The van der Waals surface area contributed by atoms with Crippen LogP contribution >= 0.6 is 0 Å². The van der Waals surface area contributed by atoms with Crippen LogP contribution in [0.25, 0.3) is 0 Å². The van der Waals surface area contributed by atoms with Crippen LogP contribution in [-0.4, -0.2) is 51.2 Å². The molecule has 8 nitrogen and oxygen atoms in total. The molecule has 0 aliphatic heterocycles. The highest BCUT2D eigenvalue weighted by Gasteiger charge is 2.45. The molecule has 0 spiro atoms. The third-order valence-electron chi connectivity index (χ3n) is 8.13. The number of aromatic hydroxyl groups is 2. The molecule has 206 valence electrons. The number of ether oxygens (including phenoxy) is 2. The monoisotopic (exact) mass is 526 g/mol. The first kappa shape index (κ1) is 27.8. The largest absolute Gasteiger partial charge is 0.504 e. The Morgan fingerprint density at radius 1 is 1.05 bits per heavy atom. The number of fused-ring (bicyclic) bond motifs is 2. The van der Waals surface area contributed by atoms with Gasteiger partial charge in [0.25, 0.3) is 0 Å². The summed E-state index contributed by atoms with van der Waals surface area (Å²) in [5.74, 6) is -0.912. The van der Waals surface area contributed by atoms with Crippen LogP contribution in [0.3, 0.4) is 0 Å². The molecule has 1 fully saturated rings. The summed E-state index contributed by atoms with van der Waals surface area (Å²) in [4.78, 5) is 23.8. The standard InChI is InChI=1S/C30H38O8/c1-2-3-4-7-21(38-30(36)19-9-12-25(31)27(33)15-19)10-11-22-23-13-18-6-5-8-28(37-17-29(34)35)24(18)14-20(23)16-26(22)32/h5-6,8-9,12,15,20-23,26,31-33H,2-4,7,10-11,13-14,16-17H2,1H3,(H,34,35)/t20-,21-,22+,23-,26+/m0/s1. The van der Waals surface area contributed by atoms with Crippen LogP contribution in [0.2, 0.25) is 0 Å². The lowest BCUT2D eigenvalue weighted by Gasteiger charge is -2.32. The van der Waals surface area contributed by atoms with Crippen LogP contribution in [0.1, 0.15) is 73.4 Å². The molecule has 0 saturated heterocycles. The lowest BCUT2D eigenvalue weighted by Crippen LogP contribution is -2.29. The Morgan fingerprint density at radius 3 is 2.61 bits per heavy atom. The molecule has 2 aliphatic rings. The third kappa shape index (κ3) is 6.59. The van der Waals surface area contributed by atoms with Crippen LogP contribution < -0.4 is 4.74 Å². The molecule has 0 aromatic heterocycles. The number of aliphatic hydroxyl groups excluding tert-OH is 1. The van der Waals surface area contributed by atoms with Gasteiger partial charge in [-0.25, -0.2) is 9.59 Å². The molecule has 0 amide bonds. The van der Waals surface area contributed by atoms with Crippen LogP contribution in [-0.2, 0) is 22.4 Å². The maximum atomic E-state index is 12.8. The minimum Gasteiger partial charge on any atom is -0.504 e. The van der Waals surface area contributed by atoms with Gasteiger partial charge in [0.2, 0.25) is 0 Å². The van der Waals surface area contributed by atoms with E-state index in [4.69, 9.17) is 14.6 Å². The Balaban J connectivity index is 1.42. The molecule has 0 unspecified atom stereocenters. The second-order valence-electron chi connectivity index (χ2n) is 10.7. The fourth-order valence-corrected chi connectivity index (χ4v) is 6.21. The number of rotatable bonds is 12. The molecule has 5 atom stereocenters. The predicted octanol–water partition coefficient (Wildman–Crippen LogP) is 4.86. The molecule has 4 rings (SSSR count). The van der Waals surface area contributed by atoms with Crippen molar-refractivity contribution in [2.45, 2.75) is 76.9 Å². The summed E-state index contributed by atoms with van der Waals surface area (Å²) >= 11 is 0. The zero-order valence-corrected chi connectivity index (χ0v) is 21.8. The molecule has 0 heterocycles. The average molecular weight is 527 g/mol. The number of phenols is 2. The first-order valence-electron chi connectivity index (χ1n) is 13.6. The number of aliphatic hydroxyl groups is 1. The van der Waals surface area contributed by atoms with E-state index in [1.165, 1.54) is 18.2 Å². The minimum absolute atomic E-state index is 0.0850. The number of esters is 1. The number of hydrogen-bond acceptors (Lipinski definition) is 7. The predicted molar refractivity (Wildman–Crippen MR) is 140 cm³/mol. The molecular formula is C30H38O8. The molecule has 2 aliphatic carbocycles. The Labute approximate surface area is 223 Å². The zero-order valence-electron chi connectivity index (χ0n) is 21.8. The number of carboxylic acids is 1. The zero-order chi connectivity index (χ0) is 27.2. The summed E-state index contributed by atoms with van der Waals surface area (Å²) in [6.45, 7) is 1.74. The highest BCUT2D eigenvalue weighted by molar-refractivity contribution is 5.90. The van der Waals surface area contributed by atoms with Crippen molar-refractivity contribution in [1.29, 1.82) is 0 Å². The Morgan fingerprint density at radius 2 is 1.87 bits per heavy atom. The summed E-state index contributed by atoms with van der Waals surface area (Å²) in [5.41, 5.74) is 2.38. The van der Waals surface area contributed by atoms with Crippen LogP contribution in [0.4, 0.5) is 0 Å². The minimum atomic E-state index is -1.01. The van der Waals surface area contributed by atoms with E-state index >= 15 is 0 Å². The number of carbonyl (C=O) groups is 2. The van der Waals surface area contributed by atoms with Crippen molar-refractivity contribution >= 4 is 11.9 Å². The second-order valence-corrected chi connectivity index (χ2v) is 10.7. The highest BCUT2D eigenvalue weighted by atomic mass is 16.5. The second kappa shape index (κ2) is 12.5. The van der Waals surface area contributed by atoms with Gasteiger partial charge in [-0.2, -0.15) is 0 Å². The normalized spacial score (nSPS) is 22.8. The Kier molecular flexibility index (Phi) is 9.15. The van der Waals surface area contributed by atoms with Gasteiger partial charge in [0.1, 0.15) is 11.9 Å². The molecule has 2 aromatic carbocycles. The maximum Gasteiger partial charge on any atom is 0.341 e. The Bertz CT molecular complexity index is 1130. The van der Waals surface area contributed by atoms with Gasteiger partial charge in [-0.3, -0.25) is 0 Å². The number of phenolic OH excluding ortho intramolecular Hbond substituents is 2. The number of hydrogen-bond donors (Lipinski definition) is 4. The van der Waals surface area contributed by atoms with E-state index in [1.807, 2.05) is 12.1 Å². The number of benzene rings is 2. The molecule has 2 aromatic rings. The van der Waals surface area contributed by atoms with E-state index in [0.717, 1.165) is 56.1 Å². The van der Waals surface area contributed by atoms with E-state index in [2.05, 4.69) is 13.0 Å². The first-order valence-corrected chi connectivity index (χ1v) is 13.6. The van der Waals surface area contributed by atoms with Gasteiger partial charge in [0.15, 0.2) is 18.1 Å². The van der Waals surface area contributed by atoms with Gasteiger partial charge in [0.05, 0.1) is 11.7 Å². The molecule has 0 bridgehead atoms. The lowest BCUT2D eigenvalue weighted by atomic mass is 9.73. The van der Waals surface area contributed by atoms with Gasteiger partial charge in [0, 0.05) is 0 Å². The molecule has 4 N–H and O–H groups in total. The summed E-state index contributed by atoms with van der Waals surface area (Å²) in [5, 5.41) is 39.3. The fraction of sp³-hybridized carbons (Fsp3) is 0.533. The van der Waals surface area contributed by atoms with Gasteiger partial charge in [-0.15, -0.1) is 0 Å². The number of unbranched alkanes of at least 4 members (excludes halogenated alkanes) is 2. The fourth-order valence-electron chi connectivity index (χ4n) is 6.21. The van der Waals surface area contributed by atoms with Crippen molar-refractivity contribution in [3.05, 3.63) is 53.1 Å². The van der Waals surface area contributed by atoms with E-state index in [-0.39, 0.29) is 41.6 Å². The maximum absolute atomic E-state index is 12.8. The van der Waals surface area contributed by atoms with E-state index in [0.29, 0.717) is 24.5 Å². The van der Waals surface area contributed by atoms with Crippen LogP contribution in [0, 0.1) is 17.8 Å². The van der Waals surface area contributed by atoms with E-state index in [1.54, 1.807) is 0 Å². The Hall–Kier alpha value is -3.26. The topological polar surface area (TPSA) is 134 Å². The van der Waals surface area contributed by atoms with E-state index in [9.17, 15) is 24.9 Å². The van der Waals surface area contributed by atoms with Crippen molar-refractivity contribution in [3.63, 3.8) is 0 Å². The van der Waals surface area contributed by atoms with Crippen molar-refractivity contribution < 1.29 is 39.5 Å². The van der Waals surface area contributed by atoms with Crippen LogP contribution in [0.15, 0.2) is 36.4 Å². The van der Waals surface area contributed by atoms with Crippen molar-refractivity contribution in [2.75, 3.05) is 6.61 Å². The SMILES string of the molecule is CCCCC[C@@H](CC[C@@H]1[C@H]2Cc3cccc(OCC(=O)O)c3C[C@H]2C[C@H]1O)OC(=O)c1ccc(O)c(O)c1. The molecular weight excluding hydrogens is 488 g/mol. The van der Waals surface area contributed by atoms with Crippen molar-refractivity contribution in [3.8, 4) is 17.2 Å². The van der Waals surface area contributed by atoms with Gasteiger partial charge >= 0.3 is 11.9 Å². The smallest absolute Gasteiger partial charge is 0.341 e. The first-order chi connectivity index (χ1) is 18.3. The summed E-state index contributed by atoms with van der Waals surface area (Å²) in [7, 11) is 0.